The van der Waals surface area contributed by atoms with Crippen LogP contribution >= 0.6 is 0 Å². The van der Waals surface area contributed by atoms with Gasteiger partial charge >= 0.3 is 0 Å². The lowest BCUT2D eigenvalue weighted by Gasteiger charge is -2.13. The number of nitrogens with zero attached hydrogens (tertiary/aromatic N) is 6. The molecule has 0 heterocycles. The standard InChI is InChI=1S/C13H14N6.C13H15N3O4S/c1-16-17-10-3-5-11(6-4-10)18-19-13-7-2-9(14)8-12(13)15;1-6-4-8-5-9(21(18,19)20)12(16-15-3)13(17)10(8)11(14)7(6)2/h2-8H,14-15H2,1H3;4-5,17H,14H2,1-3H3,(H,18,19,20). The highest BCUT2D eigenvalue weighted by atomic mass is 32.2. The second-order valence-corrected chi connectivity index (χ2v) is 9.90. The van der Waals surface area contributed by atoms with Crippen molar-refractivity contribution in [1.29, 1.82) is 0 Å². The highest BCUT2D eigenvalue weighted by Crippen LogP contribution is 2.44. The van der Waals surface area contributed by atoms with Crippen molar-refractivity contribution in [2.75, 3.05) is 31.3 Å². The predicted octanol–water partition coefficient (Wildman–Crippen LogP) is 6.68. The zero-order chi connectivity index (χ0) is 29.6. The number of benzene rings is 4. The number of fused-ring (bicyclic) bond motifs is 1. The van der Waals surface area contributed by atoms with E-state index in [0.717, 1.165) is 16.8 Å². The lowest BCUT2D eigenvalue weighted by Crippen LogP contribution is -2.01. The normalized spacial score (nSPS) is 11.9. The molecule has 0 aromatic heterocycles. The number of nitrogen functional groups attached to an aromatic ring is 3. The molecule has 0 spiro atoms. The van der Waals surface area contributed by atoms with Gasteiger partial charge in [0.25, 0.3) is 10.1 Å². The van der Waals surface area contributed by atoms with Gasteiger partial charge in [0.05, 0.1) is 17.1 Å². The SMILES string of the molecule is CN=Nc1c(S(=O)(=O)O)cc2cc(C)c(C)c(N)c2c1O.CN=Nc1ccc(N=Nc2ccc(N)cc2N)cc1. The Morgan fingerprint density at radius 1 is 0.775 bits per heavy atom. The van der Waals surface area contributed by atoms with Gasteiger partial charge in [0, 0.05) is 30.9 Å². The first kappa shape index (κ1) is 29.6. The average Bonchev–Trinajstić information content (AvgIpc) is 2.89. The predicted molar refractivity (Wildman–Crippen MR) is 156 cm³/mol. The van der Waals surface area contributed by atoms with Gasteiger partial charge in [-0.1, -0.05) is 6.07 Å². The van der Waals surface area contributed by atoms with Crippen molar-refractivity contribution >= 4 is 60.7 Å². The first-order valence-electron chi connectivity index (χ1n) is 11.7. The summed E-state index contributed by atoms with van der Waals surface area (Å²) in [6.45, 7) is 3.61. The Morgan fingerprint density at radius 2 is 1.38 bits per heavy atom. The topological polar surface area (TPSA) is 227 Å². The molecule has 0 bridgehead atoms. The third kappa shape index (κ3) is 6.73. The van der Waals surface area contributed by atoms with Gasteiger partial charge in [-0.25, -0.2) is 0 Å². The number of phenolic OH excluding ortho intramolecular Hbond substituents is 1. The average molecular weight is 564 g/mol. The summed E-state index contributed by atoms with van der Waals surface area (Å²) in [7, 11) is -1.62. The van der Waals surface area contributed by atoms with Crippen LogP contribution in [0.2, 0.25) is 0 Å². The van der Waals surface area contributed by atoms with Crippen LogP contribution in [0.5, 0.6) is 5.75 Å². The summed E-state index contributed by atoms with van der Waals surface area (Å²) in [5.74, 6) is -0.425. The van der Waals surface area contributed by atoms with Crippen LogP contribution in [0.25, 0.3) is 10.8 Å². The van der Waals surface area contributed by atoms with Gasteiger partial charge in [0.15, 0.2) is 5.75 Å². The highest BCUT2D eigenvalue weighted by Gasteiger charge is 2.23. The van der Waals surface area contributed by atoms with Gasteiger partial charge in [-0.3, -0.25) is 4.55 Å². The van der Waals surface area contributed by atoms with Crippen LogP contribution in [0.4, 0.5) is 39.8 Å². The Balaban J connectivity index is 0.000000222. The summed E-state index contributed by atoms with van der Waals surface area (Å²) in [6, 6.07) is 15.3. The molecule has 13 nitrogen and oxygen atoms in total. The van der Waals surface area contributed by atoms with Crippen molar-refractivity contribution in [2.45, 2.75) is 18.7 Å². The van der Waals surface area contributed by atoms with E-state index in [1.165, 1.54) is 13.1 Å². The summed E-state index contributed by atoms with van der Waals surface area (Å²) >= 11 is 0. The molecule has 0 aliphatic heterocycles. The fourth-order valence-electron chi connectivity index (χ4n) is 3.66. The lowest BCUT2D eigenvalue weighted by atomic mass is 9.99. The molecule has 208 valence electrons. The smallest absolute Gasteiger partial charge is 0.296 e. The summed E-state index contributed by atoms with van der Waals surface area (Å²) in [5.41, 5.74) is 22.2. The molecule has 0 fully saturated rings. The van der Waals surface area contributed by atoms with E-state index < -0.39 is 20.8 Å². The number of aromatic hydroxyl groups is 1. The zero-order valence-electron chi connectivity index (χ0n) is 22.2. The van der Waals surface area contributed by atoms with Gasteiger partial charge in [-0.15, -0.1) is 5.11 Å². The maximum absolute atomic E-state index is 11.5. The maximum atomic E-state index is 11.5. The fourth-order valence-corrected chi connectivity index (χ4v) is 4.32. The molecule has 4 rings (SSSR count). The Bertz CT molecular complexity index is 1750. The number of phenols is 1. The van der Waals surface area contributed by atoms with Gasteiger partial charge in [0.1, 0.15) is 16.3 Å². The number of rotatable bonds is 5. The summed E-state index contributed by atoms with van der Waals surface area (Å²) < 4.78 is 32.2. The second-order valence-electron chi connectivity index (χ2n) is 8.51. The van der Waals surface area contributed by atoms with Crippen LogP contribution in [0, 0.1) is 13.8 Å². The number of hydrogen-bond acceptors (Lipinski definition) is 12. The van der Waals surface area contributed by atoms with Crippen LogP contribution in [-0.2, 0) is 10.1 Å². The third-order valence-electron chi connectivity index (χ3n) is 5.77. The highest BCUT2D eigenvalue weighted by molar-refractivity contribution is 7.86. The second kappa shape index (κ2) is 12.3. The van der Waals surface area contributed by atoms with Crippen molar-refractivity contribution in [3.05, 3.63) is 65.7 Å². The Hall–Kier alpha value is -4.95. The monoisotopic (exact) mass is 563 g/mol. The van der Waals surface area contributed by atoms with Crippen molar-refractivity contribution in [1.82, 2.24) is 0 Å². The van der Waals surface area contributed by atoms with Gasteiger partial charge in [0.2, 0.25) is 0 Å². The molecule has 4 aromatic rings. The van der Waals surface area contributed by atoms with Crippen LogP contribution in [0.3, 0.4) is 0 Å². The van der Waals surface area contributed by atoms with Crippen LogP contribution < -0.4 is 17.2 Å². The van der Waals surface area contributed by atoms with E-state index in [9.17, 15) is 18.1 Å². The molecule has 0 aliphatic carbocycles. The van der Waals surface area contributed by atoms with E-state index in [0.29, 0.717) is 33.8 Å². The van der Waals surface area contributed by atoms with E-state index in [1.807, 2.05) is 19.1 Å². The number of aryl methyl sites for hydroxylation is 1. The largest absolute Gasteiger partial charge is 0.505 e. The van der Waals surface area contributed by atoms with Gasteiger partial charge in [-0.2, -0.15) is 34.0 Å². The quantitative estimate of drug-likeness (QED) is 0.100. The molecule has 8 N–H and O–H groups in total. The molecule has 0 radical (unpaired) electrons. The van der Waals surface area contributed by atoms with Crippen molar-refractivity contribution in [3.63, 3.8) is 0 Å². The first-order valence-corrected chi connectivity index (χ1v) is 13.1. The third-order valence-corrected chi connectivity index (χ3v) is 6.64. The number of hydrogen-bond donors (Lipinski definition) is 5. The molecule has 0 amide bonds. The molecule has 0 aliphatic rings. The lowest BCUT2D eigenvalue weighted by molar-refractivity contribution is 0.472. The van der Waals surface area contributed by atoms with E-state index in [-0.39, 0.29) is 11.1 Å². The van der Waals surface area contributed by atoms with Gasteiger partial charge < -0.3 is 22.3 Å². The van der Waals surface area contributed by atoms with E-state index in [4.69, 9.17) is 17.2 Å². The molecule has 0 atom stereocenters. The fraction of sp³-hybridized carbons (Fsp3) is 0.154. The van der Waals surface area contributed by atoms with Crippen LogP contribution in [-0.4, -0.2) is 32.2 Å². The van der Waals surface area contributed by atoms with Crippen LogP contribution in [0.1, 0.15) is 11.1 Å². The van der Waals surface area contributed by atoms with E-state index in [2.05, 4.69) is 30.7 Å². The number of nitrogens with two attached hydrogens (primary N) is 3. The zero-order valence-corrected chi connectivity index (χ0v) is 23.0. The number of azo groups is 3. The molecule has 0 unspecified atom stereocenters. The Morgan fingerprint density at radius 3 is 1.93 bits per heavy atom. The van der Waals surface area contributed by atoms with Crippen molar-refractivity contribution in [3.8, 4) is 5.75 Å². The Labute approximate surface area is 230 Å². The molecule has 14 heteroatoms. The molecular formula is C26H29N9O4S. The maximum Gasteiger partial charge on any atom is 0.296 e. The summed E-state index contributed by atoms with van der Waals surface area (Å²) in [4.78, 5) is -0.513. The van der Waals surface area contributed by atoms with E-state index >= 15 is 0 Å². The summed E-state index contributed by atoms with van der Waals surface area (Å²) in [5, 5.41) is 33.8. The first-order chi connectivity index (χ1) is 18.9. The van der Waals surface area contributed by atoms with Gasteiger partial charge in [-0.05, 0) is 78.9 Å². The molecule has 40 heavy (non-hydrogen) atoms. The number of anilines is 3. The minimum absolute atomic E-state index is 0.285. The molecule has 0 saturated heterocycles. The van der Waals surface area contributed by atoms with Crippen molar-refractivity contribution in [2.24, 2.45) is 30.7 Å². The molecule has 0 saturated carbocycles. The van der Waals surface area contributed by atoms with Crippen LogP contribution in [0.15, 0.2) is 90.2 Å². The molecular weight excluding hydrogens is 534 g/mol. The minimum Gasteiger partial charge on any atom is -0.505 e. The van der Waals surface area contributed by atoms with Crippen molar-refractivity contribution < 1.29 is 18.1 Å². The molecule has 4 aromatic carbocycles. The Kier molecular flexibility index (Phi) is 9.08. The van der Waals surface area contributed by atoms with E-state index in [1.54, 1.807) is 50.4 Å². The minimum atomic E-state index is -4.56. The summed E-state index contributed by atoms with van der Waals surface area (Å²) in [6.07, 6.45) is 0.